The number of nitrogens with zero attached hydrogens (tertiary/aromatic N) is 4. The van der Waals surface area contributed by atoms with E-state index in [1.165, 1.54) is 0 Å². The maximum absolute atomic E-state index is 5.39. The quantitative estimate of drug-likeness (QED) is 0.694. The third-order valence-corrected chi connectivity index (χ3v) is 2.16. The van der Waals surface area contributed by atoms with Crippen LogP contribution in [0.2, 0.25) is 0 Å². The molecule has 0 aliphatic carbocycles. The predicted molar refractivity (Wildman–Crippen MR) is 58.5 cm³/mol. The summed E-state index contributed by atoms with van der Waals surface area (Å²) in [7, 11) is 1.87. The van der Waals surface area contributed by atoms with Gasteiger partial charge in [0.25, 0.3) is 0 Å². The van der Waals surface area contributed by atoms with E-state index < -0.39 is 0 Å². The third-order valence-electron chi connectivity index (χ3n) is 2.16. The van der Waals surface area contributed by atoms with Crippen LogP contribution >= 0.6 is 0 Å². The lowest BCUT2D eigenvalue weighted by atomic mass is 10.4. The molecular formula is C9H14N6. The number of hydrogen-bond donors (Lipinski definition) is 2. The molecule has 0 amide bonds. The van der Waals surface area contributed by atoms with Crippen molar-refractivity contribution in [1.29, 1.82) is 0 Å². The van der Waals surface area contributed by atoms with Gasteiger partial charge in [-0.05, 0) is 13.0 Å². The monoisotopic (exact) mass is 206 g/mol. The maximum atomic E-state index is 5.39. The van der Waals surface area contributed by atoms with E-state index in [1.807, 2.05) is 7.05 Å². The van der Waals surface area contributed by atoms with Crippen molar-refractivity contribution in [3.05, 3.63) is 12.4 Å². The molecule has 0 radical (unpaired) electrons. The molecule has 0 atom stereocenters. The van der Waals surface area contributed by atoms with Gasteiger partial charge in [-0.15, -0.1) is 0 Å². The molecule has 2 aromatic heterocycles. The van der Waals surface area contributed by atoms with Gasteiger partial charge in [-0.1, -0.05) is 0 Å². The molecule has 6 heteroatoms. The van der Waals surface area contributed by atoms with Crippen molar-refractivity contribution in [2.24, 2.45) is 12.8 Å². The van der Waals surface area contributed by atoms with Gasteiger partial charge in [0.15, 0.2) is 0 Å². The minimum Gasteiger partial charge on any atom is -0.354 e. The lowest BCUT2D eigenvalue weighted by Crippen LogP contribution is -2.10. The summed E-state index contributed by atoms with van der Waals surface area (Å²) in [4.78, 5) is 8.51. The lowest BCUT2D eigenvalue weighted by molar-refractivity contribution is 0.795. The van der Waals surface area contributed by atoms with E-state index in [1.54, 1.807) is 17.1 Å². The van der Waals surface area contributed by atoms with Crippen molar-refractivity contribution in [3.8, 4) is 0 Å². The first-order valence-corrected chi connectivity index (χ1v) is 4.90. The van der Waals surface area contributed by atoms with E-state index in [0.717, 1.165) is 24.0 Å². The Morgan fingerprint density at radius 1 is 1.47 bits per heavy atom. The lowest BCUT2D eigenvalue weighted by Gasteiger charge is -2.02. The molecule has 0 fully saturated rings. The summed E-state index contributed by atoms with van der Waals surface area (Å²) in [5, 5.41) is 7.21. The van der Waals surface area contributed by atoms with Crippen LogP contribution in [0.1, 0.15) is 6.42 Å². The molecule has 2 aromatic rings. The van der Waals surface area contributed by atoms with Gasteiger partial charge in [0.1, 0.15) is 11.0 Å². The van der Waals surface area contributed by atoms with Gasteiger partial charge in [-0.2, -0.15) is 5.10 Å². The summed E-state index contributed by atoms with van der Waals surface area (Å²) in [6.07, 6.45) is 4.40. The number of fused-ring (bicyclic) bond motifs is 1. The van der Waals surface area contributed by atoms with Crippen LogP contribution in [0.25, 0.3) is 11.0 Å². The molecular weight excluding hydrogens is 192 g/mol. The Bertz CT molecular complexity index is 449. The second kappa shape index (κ2) is 4.22. The highest BCUT2D eigenvalue weighted by atomic mass is 15.3. The highest BCUT2D eigenvalue weighted by molar-refractivity contribution is 5.73. The number of rotatable bonds is 4. The molecule has 0 aliphatic rings. The maximum Gasteiger partial charge on any atom is 0.223 e. The van der Waals surface area contributed by atoms with Crippen LogP contribution in [-0.4, -0.2) is 32.8 Å². The Balaban J connectivity index is 2.16. The highest BCUT2D eigenvalue weighted by Crippen LogP contribution is 2.10. The number of aromatic nitrogens is 4. The van der Waals surface area contributed by atoms with E-state index in [4.69, 9.17) is 5.73 Å². The number of nitrogens with two attached hydrogens (primary N) is 1. The van der Waals surface area contributed by atoms with Crippen molar-refractivity contribution in [2.45, 2.75) is 6.42 Å². The molecule has 6 nitrogen and oxygen atoms in total. The summed E-state index contributed by atoms with van der Waals surface area (Å²) in [6.45, 7) is 1.46. The van der Waals surface area contributed by atoms with E-state index in [9.17, 15) is 0 Å². The molecule has 0 saturated heterocycles. The smallest absolute Gasteiger partial charge is 0.223 e. The van der Waals surface area contributed by atoms with Crippen LogP contribution in [-0.2, 0) is 7.05 Å². The molecule has 2 heterocycles. The van der Waals surface area contributed by atoms with Gasteiger partial charge < -0.3 is 11.1 Å². The third kappa shape index (κ3) is 2.04. The number of aryl methyl sites for hydroxylation is 1. The molecule has 0 aliphatic heterocycles. The minimum absolute atomic E-state index is 0.629. The first kappa shape index (κ1) is 9.85. The van der Waals surface area contributed by atoms with E-state index in [2.05, 4.69) is 20.4 Å². The summed E-state index contributed by atoms with van der Waals surface area (Å²) in [5.41, 5.74) is 7.17. The topological polar surface area (TPSA) is 81.7 Å². The summed E-state index contributed by atoms with van der Waals surface area (Å²) >= 11 is 0. The Morgan fingerprint density at radius 3 is 3.13 bits per heavy atom. The summed E-state index contributed by atoms with van der Waals surface area (Å²) in [6, 6.07) is 0. The normalized spacial score (nSPS) is 10.8. The molecule has 0 unspecified atom stereocenters. The van der Waals surface area contributed by atoms with E-state index in [0.29, 0.717) is 12.5 Å². The number of nitrogens with one attached hydrogen (secondary N) is 1. The molecule has 3 N–H and O–H groups in total. The average molecular weight is 206 g/mol. The summed E-state index contributed by atoms with van der Waals surface area (Å²) < 4.78 is 1.75. The molecule has 0 spiro atoms. The number of hydrogen-bond acceptors (Lipinski definition) is 5. The Hall–Kier alpha value is -1.69. The fourth-order valence-electron chi connectivity index (χ4n) is 1.32. The predicted octanol–water partition coefficient (Wildman–Crippen LogP) is 0.124. The molecule has 0 aromatic carbocycles. The Labute approximate surface area is 87.5 Å². The average Bonchev–Trinajstić information content (AvgIpc) is 2.61. The second-order valence-electron chi connectivity index (χ2n) is 3.30. The first-order chi connectivity index (χ1) is 7.31. The van der Waals surface area contributed by atoms with Crippen LogP contribution in [0.15, 0.2) is 12.4 Å². The van der Waals surface area contributed by atoms with Gasteiger partial charge in [-0.3, -0.25) is 4.68 Å². The molecule has 0 saturated carbocycles. The van der Waals surface area contributed by atoms with Crippen LogP contribution in [0, 0.1) is 0 Å². The number of anilines is 1. The van der Waals surface area contributed by atoms with Gasteiger partial charge >= 0.3 is 0 Å². The fraction of sp³-hybridized carbons (Fsp3) is 0.444. The van der Waals surface area contributed by atoms with Crippen molar-refractivity contribution >= 4 is 17.0 Å². The van der Waals surface area contributed by atoms with Crippen LogP contribution in [0.5, 0.6) is 0 Å². The van der Waals surface area contributed by atoms with Crippen LogP contribution < -0.4 is 11.1 Å². The molecule has 0 bridgehead atoms. The molecule has 2 rings (SSSR count). The zero-order chi connectivity index (χ0) is 10.7. The SMILES string of the molecule is Cn1ncc2nc(NCCCN)ncc21. The highest BCUT2D eigenvalue weighted by Gasteiger charge is 2.02. The van der Waals surface area contributed by atoms with Crippen molar-refractivity contribution in [3.63, 3.8) is 0 Å². The molecule has 80 valence electrons. The Morgan fingerprint density at radius 2 is 2.33 bits per heavy atom. The van der Waals surface area contributed by atoms with E-state index in [-0.39, 0.29) is 0 Å². The van der Waals surface area contributed by atoms with Crippen molar-refractivity contribution in [2.75, 3.05) is 18.4 Å². The second-order valence-corrected chi connectivity index (χ2v) is 3.30. The van der Waals surface area contributed by atoms with Gasteiger partial charge in [0, 0.05) is 13.6 Å². The molecule has 15 heavy (non-hydrogen) atoms. The fourth-order valence-corrected chi connectivity index (χ4v) is 1.32. The van der Waals surface area contributed by atoms with Crippen LogP contribution in [0.4, 0.5) is 5.95 Å². The van der Waals surface area contributed by atoms with Gasteiger partial charge in [0.05, 0.1) is 12.4 Å². The largest absolute Gasteiger partial charge is 0.354 e. The zero-order valence-corrected chi connectivity index (χ0v) is 8.64. The van der Waals surface area contributed by atoms with Crippen LogP contribution in [0.3, 0.4) is 0 Å². The summed E-state index contributed by atoms with van der Waals surface area (Å²) in [5.74, 6) is 0.629. The first-order valence-electron chi connectivity index (χ1n) is 4.90. The Kier molecular flexibility index (Phi) is 2.77. The van der Waals surface area contributed by atoms with Gasteiger partial charge in [0.2, 0.25) is 5.95 Å². The van der Waals surface area contributed by atoms with Crippen molar-refractivity contribution < 1.29 is 0 Å². The standard InChI is InChI=1S/C9H14N6/c1-15-8-6-12-9(11-4-2-3-10)14-7(8)5-13-15/h5-6H,2-4,10H2,1H3,(H,11,12,14). The zero-order valence-electron chi connectivity index (χ0n) is 8.64. The minimum atomic E-state index is 0.629. The van der Waals surface area contributed by atoms with Gasteiger partial charge in [-0.25, -0.2) is 9.97 Å². The van der Waals surface area contributed by atoms with Crippen molar-refractivity contribution in [1.82, 2.24) is 19.7 Å². The van der Waals surface area contributed by atoms with E-state index >= 15 is 0 Å².